The van der Waals surface area contributed by atoms with Crippen LogP contribution in [0, 0.1) is 31.3 Å². The summed E-state index contributed by atoms with van der Waals surface area (Å²) < 4.78 is 44.7. The van der Waals surface area contributed by atoms with Crippen LogP contribution < -0.4 is 5.32 Å². The van der Waals surface area contributed by atoms with Crippen molar-refractivity contribution >= 4 is 17.6 Å². The van der Waals surface area contributed by atoms with E-state index in [0.29, 0.717) is 17.2 Å². The number of halogens is 3. The molecule has 0 bridgehead atoms. The van der Waals surface area contributed by atoms with Gasteiger partial charge in [0.2, 0.25) is 0 Å². The average molecular weight is 351 g/mol. The van der Waals surface area contributed by atoms with Gasteiger partial charge in [-0.2, -0.15) is 0 Å². The van der Waals surface area contributed by atoms with Gasteiger partial charge in [0.05, 0.1) is 11.3 Å². The molecule has 7 heteroatoms. The van der Waals surface area contributed by atoms with Gasteiger partial charge >= 0.3 is 5.97 Å². The summed E-state index contributed by atoms with van der Waals surface area (Å²) >= 11 is 0. The third-order valence-corrected chi connectivity index (χ3v) is 3.56. The number of hydrogen-bond acceptors (Lipinski definition) is 3. The molecule has 1 N–H and O–H groups in total. The lowest BCUT2D eigenvalue weighted by Gasteiger charge is -2.15. The molecule has 0 fully saturated rings. The van der Waals surface area contributed by atoms with E-state index < -0.39 is 41.1 Å². The second kappa shape index (κ2) is 7.38. The van der Waals surface area contributed by atoms with E-state index in [1.165, 1.54) is 6.92 Å². The number of rotatable bonds is 4. The number of esters is 1. The number of aryl methyl sites for hydroxylation is 2. The lowest BCUT2D eigenvalue weighted by Crippen LogP contribution is -2.30. The van der Waals surface area contributed by atoms with Gasteiger partial charge in [-0.1, -0.05) is 17.7 Å². The Labute approximate surface area is 142 Å². The maximum absolute atomic E-state index is 13.6. The largest absolute Gasteiger partial charge is 0.449 e. The third kappa shape index (κ3) is 4.17. The fraction of sp³-hybridized carbons (Fsp3) is 0.222. The molecule has 0 radical (unpaired) electrons. The zero-order valence-electron chi connectivity index (χ0n) is 13.8. The molecule has 2 rings (SSSR count). The molecule has 2 aromatic carbocycles. The fourth-order valence-electron chi connectivity index (χ4n) is 2.09. The Balaban J connectivity index is 2.09. The lowest BCUT2D eigenvalue weighted by molar-refractivity contribution is -0.123. The Kier molecular flexibility index (Phi) is 5.46. The number of nitrogens with one attached hydrogen (secondary N) is 1. The molecule has 0 saturated carbocycles. The number of benzene rings is 2. The summed E-state index contributed by atoms with van der Waals surface area (Å²) in [6.45, 7) is 4.81. The van der Waals surface area contributed by atoms with E-state index in [9.17, 15) is 22.8 Å². The van der Waals surface area contributed by atoms with Crippen molar-refractivity contribution in [1.29, 1.82) is 0 Å². The summed E-state index contributed by atoms with van der Waals surface area (Å²) in [6.07, 6.45) is -1.26. The van der Waals surface area contributed by atoms with Crippen molar-refractivity contribution in [2.24, 2.45) is 0 Å². The summed E-state index contributed by atoms with van der Waals surface area (Å²) in [7, 11) is 0. The highest BCUT2D eigenvalue weighted by Gasteiger charge is 2.22. The number of carbonyl (C=O) groups excluding carboxylic acids is 2. The minimum Gasteiger partial charge on any atom is -0.449 e. The van der Waals surface area contributed by atoms with Crippen molar-refractivity contribution in [2.45, 2.75) is 26.9 Å². The molecule has 1 amide bonds. The van der Waals surface area contributed by atoms with Crippen LogP contribution in [0.5, 0.6) is 0 Å². The van der Waals surface area contributed by atoms with Gasteiger partial charge in [-0.05, 0) is 44.5 Å². The summed E-state index contributed by atoms with van der Waals surface area (Å²) in [5.74, 6) is -6.18. The van der Waals surface area contributed by atoms with Crippen LogP contribution in [-0.4, -0.2) is 18.0 Å². The van der Waals surface area contributed by atoms with Crippen molar-refractivity contribution in [1.82, 2.24) is 0 Å². The van der Waals surface area contributed by atoms with Crippen LogP contribution in [0.15, 0.2) is 30.3 Å². The zero-order valence-corrected chi connectivity index (χ0v) is 13.8. The summed E-state index contributed by atoms with van der Waals surface area (Å²) in [4.78, 5) is 24.2. The predicted octanol–water partition coefficient (Wildman–Crippen LogP) is 3.90. The molecule has 0 aromatic heterocycles. The standard InChI is InChI=1S/C18H16F3NO3/c1-9-4-5-10(2)12(8-9)18(24)25-11(3)17(23)22-14-7-6-13(19)15(20)16(14)21/h4-8,11H,1-3H3,(H,22,23)/t11-/m0/s1. The molecule has 0 unspecified atom stereocenters. The molecule has 0 aliphatic carbocycles. The van der Waals surface area contributed by atoms with Crippen molar-refractivity contribution in [3.8, 4) is 0 Å². The first-order chi connectivity index (χ1) is 11.7. The number of ether oxygens (including phenoxy) is 1. The van der Waals surface area contributed by atoms with Crippen LogP contribution in [0.3, 0.4) is 0 Å². The van der Waals surface area contributed by atoms with Gasteiger partial charge in [-0.3, -0.25) is 4.79 Å². The molecular weight excluding hydrogens is 335 g/mol. The molecule has 0 spiro atoms. The van der Waals surface area contributed by atoms with Gasteiger partial charge in [0.1, 0.15) is 0 Å². The van der Waals surface area contributed by atoms with Crippen LogP contribution in [0.25, 0.3) is 0 Å². The Bertz CT molecular complexity index is 837. The van der Waals surface area contributed by atoms with E-state index in [0.717, 1.165) is 11.6 Å². The zero-order chi connectivity index (χ0) is 18.7. The Morgan fingerprint density at radius 3 is 2.40 bits per heavy atom. The summed E-state index contributed by atoms with van der Waals surface area (Å²) in [6, 6.07) is 6.75. The molecule has 0 aliphatic rings. The van der Waals surface area contributed by atoms with Crippen molar-refractivity contribution in [3.05, 3.63) is 64.5 Å². The fourth-order valence-corrected chi connectivity index (χ4v) is 2.09. The second-order valence-electron chi connectivity index (χ2n) is 5.58. The van der Waals surface area contributed by atoms with Crippen molar-refractivity contribution in [3.63, 3.8) is 0 Å². The topological polar surface area (TPSA) is 55.4 Å². The van der Waals surface area contributed by atoms with Crippen LogP contribution in [0.1, 0.15) is 28.4 Å². The highest BCUT2D eigenvalue weighted by Crippen LogP contribution is 2.20. The Morgan fingerprint density at radius 1 is 1.04 bits per heavy atom. The first kappa shape index (κ1) is 18.5. The van der Waals surface area contributed by atoms with E-state index in [1.54, 1.807) is 26.0 Å². The summed E-state index contributed by atoms with van der Waals surface area (Å²) in [5, 5.41) is 2.06. The second-order valence-corrected chi connectivity index (χ2v) is 5.58. The predicted molar refractivity (Wildman–Crippen MR) is 85.7 cm³/mol. The minimum atomic E-state index is -1.70. The highest BCUT2D eigenvalue weighted by atomic mass is 19.2. The van der Waals surface area contributed by atoms with E-state index >= 15 is 0 Å². The SMILES string of the molecule is Cc1ccc(C)c(C(=O)O[C@@H](C)C(=O)Nc2ccc(F)c(F)c2F)c1. The highest BCUT2D eigenvalue weighted by molar-refractivity contribution is 5.97. The molecular formula is C18H16F3NO3. The van der Waals surface area contributed by atoms with E-state index in [-0.39, 0.29) is 0 Å². The number of amides is 1. The normalized spacial score (nSPS) is 11.8. The van der Waals surface area contributed by atoms with E-state index in [2.05, 4.69) is 5.32 Å². The molecule has 25 heavy (non-hydrogen) atoms. The monoisotopic (exact) mass is 351 g/mol. The van der Waals surface area contributed by atoms with Crippen LogP contribution >= 0.6 is 0 Å². The molecule has 0 saturated heterocycles. The van der Waals surface area contributed by atoms with Gasteiger partial charge in [-0.15, -0.1) is 0 Å². The number of anilines is 1. The average Bonchev–Trinajstić information content (AvgIpc) is 2.57. The summed E-state index contributed by atoms with van der Waals surface area (Å²) in [5.41, 5.74) is 1.28. The van der Waals surface area contributed by atoms with E-state index in [4.69, 9.17) is 4.74 Å². The van der Waals surface area contributed by atoms with Crippen LogP contribution in [-0.2, 0) is 9.53 Å². The molecule has 2 aromatic rings. The molecule has 1 atom stereocenters. The van der Waals surface area contributed by atoms with Gasteiger partial charge in [0.25, 0.3) is 5.91 Å². The van der Waals surface area contributed by atoms with Crippen molar-refractivity contribution in [2.75, 3.05) is 5.32 Å². The van der Waals surface area contributed by atoms with Gasteiger partial charge < -0.3 is 10.1 Å². The molecule has 0 aliphatic heterocycles. The van der Waals surface area contributed by atoms with E-state index in [1.807, 2.05) is 6.07 Å². The molecule has 4 nitrogen and oxygen atoms in total. The molecule has 132 valence electrons. The minimum absolute atomic E-state index is 0.304. The quantitative estimate of drug-likeness (QED) is 0.671. The number of carbonyl (C=O) groups is 2. The number of hydrogen-bond donors (Lipinski definition) is 1. The first-order valence-corrected chi connectivity index (χ1v) is 7.43. The molecule has 0 heterocycles. The maximum atomic E-state index is 13.6. The van der Waals surface area contributed by atoms with Crippen LogP contribution in [0.2, 0.25) is 0 Å². The van der Waals surface area contributed by atoms with Gasteiger partial charge in [0, 0.05) is 0 Å². The van der Waals surface area contributed by atoms with Crippen molar-refractivity contribution < 1.29 is 27.5 Å². The third-order valence-electron chi connectivity index (χ3n) is 3.56. The van der Waals surface area contributed by atoms with Gasteiger partial charge in [-0.25, -0.2) is 18.0 Å². The lowest BCUT2D eigenvalue weighted by atomic mass is 10.1. The Morgan fingerprint density at radius 2 is 1.72 bits per heavy atom. The van der Waals surface area contributed by atoms with Crippen LogP contribution in [0.4, 0.5) is 18.9 Å². The maximum Gasteiger partial charge on any atom is 0.339 e. The van der Waals surface area contributed by atoms with Gasteiger partial charge in [0.15, 0.2) is 23.6 Å². The smallest absolute Gasteiger partial charge is 0.339 e. The first-order valence-electron chi connectivity index (χ1n) is 7.43. The Hall–Kier alpha value is -2.83.